The van der Waals surface area contributed by atoms with Crippen LogP contribution < -0.4 is 114 Å². The first-order valence-electron chi connectivity index (χ1n) is 35.2. The molecule has 0 fully saturated rings. The maximum Gasteiger partial charge on any atom is 0.326 e. The molecule has 0 aliphatic rings. The quantitative estimate of drug-likeness (QED) is 0.0169. The molecule has 39 heteroatoms. The molecular weight excluding hydrogens is 1360 g/mol. The number of carboxylic acid groups (broad SMARTS) is 1. The molecule has 0 bridgehead atoms. The molecule has 0 saturated carbocycles. The molecule has 39 nitrogen and oxygen atoms in total. The molecule has 1 aromatic carbocycles. The van der Waals surface area contributed by atoms with Crippen LogP contribution in [0.3, 0.4) is 0 Å². The Morgan fingerprint density at radius 1 is 0.362 bits per heavy atom. The summed E-state index contributed by atoms with van der Waals surface area (Å²) in [6.07, 6.45) is 1.50. The number of carbonyl (C=O) groups excluding carboxylic acids is 10. The third kappa shape index (κ3) is 33.5. The molecule has 1 aromatic heterocycles. The van der Waals surface area contributed by atoms with Gasteiger partial charge in [0.05, 0.1) is 6.04 Å². The highest BCUT2D eigenvalue weighted by molar-refractivity contribution is 6.00. The number of rotatable bonds is 48. The van der Waals surface area contributed by atoms with E-state index in [4.69, 9.17) is 61.4 Å². The zero-order chi connectivity index (χ0) is 79.4. The van der Waals surface area contributed by atoms with Crippen LogP contribution in [0.4, 0.5) is 0 Å². The Labute approximate surface area is 612 Å². The van der Waals surface area contributed by atoms with Gasteiger partial charge in [-0.15, -0.1) is 0 Å². The number of H-pyrrole nitrogens is 1. The molecule has 0 aliphatic heterocycles. The Kier molecular flexibility index (Phi) is 39.6. The van der Waals surface area contributed by atoms with E-state index in [1.807, 2.05) is 0 Å². The lowest BCUT2D eigenvalue weighted by Gasteiger charge is -2.31. The Bertz CT molecular complexity index is 3290. The van der Waals surface area contributed by atoms with Gasteiger partial charge in [-0.25, -0.2) is 4.79 Å². The number of carbonyl (C=O) groups is 11. The van der Waals surface area contributed by atoms with Gasteiger partial charge in [0.1, 0.15) is 60.4 Å². The fourth-order valence-corrected chi connectivity index (χ4v) is 10.8. The first kappa shape index (κ1) is 90.3. The zero-order valence-corrected chi connectivity index (χ0v) is 61.8. The van der Waals surface area contributed by atoms with Crippen LogP contribution in [0, 0.1) is 56.6 Å². The number of nitrogens with two attached hydrogens (primary N) is 6. The van der Waals surface area contributed by atoms with Crippen LogP contribution in [0.5, 0.6) is 0 Å². The average molecular weight is 1480 g/mol. The second kappa shape index (κ2) is 46.1. The molecule has 1 heterocycles. The van der Waals surface area contributed by atoms with Crippen LogP contribution in [0.15, 0.2) is 30.5 Å². The van der Waals surface area contributed by atoms with E-state index in [9.17, 15) is 53.1 Å². The van der Waals surface area contributed by atoms with Crippen molar-refractivity contribution < 1.29 is 57.8 Å². The summed E-state index contributed by atoms with van der Waals surface area (Å²) in [6.45, 7) is 16.9. The number of fused-ring (bicyclic) bond motifs is 1. The van der Waals surface area contributed by atoms with Gasteiger partial charge in [-0.1, -0.05) is 87.4 Å². The minimum Gasteiger partial charge on any atom is -0.480 e. The van der Waals surface area contributed by atoms with Crippen molar-refractivity contribution in [3.05, 3.63) is 36.0 Å². The second-order valence-electron chi connectivity index (χ2n) is 27.4. The Balaban J connectivity index is 2.67. The smallest absolute Gasteiger partial charge is 0.326 e. The van der Waals surface area contributed by atoms with Crippen LogP contribution >= 0.6 is 0 Å². The summed E-state index contributed by atoms with van der Waals surface area (Å²) in [5.74, 6) is -14.3. The predicted octanol–water partition coefficient (Wildman–Crippen LogP) is -4.43. The molecule has 10 amide bonds. The highest BCUT2D eigenvalue weighted by Crippen LogP contribution is 2.21. The molecule has 105 heavy (non-hydrogen) atoms. The molecule has 0 unspecified atom stereocenters. The van der Waals surface area contributed by atoms with Crippen molar-refractivity contribution in [1.82, 2.24) is 84.7 Å². The molecule has 588 valence electrons. The largest absolute Gasteiger partial charge is 0.480 e. The first-order valence-corrected chi connectivity index (χ1v) is 35.2. The minimum absolute atomic E-state index is 0.0198. The number of guanidine groups is 5. The van der Waals surface area contributed by atoms with Crippen molar-refractivity contribution in [2.75, 3.05) is 32.7 Å². The Morgan fingerprint density at radius 3 is 0.933 bits per heavy atom. The predicted molar refractivity (Wildman–Crippen MR) is 397 cm³/mol. The molecule has 34 N–H and O–H groups in total. The molecule has 0 aliphatic carbocycles. The standard InChI is InChI=1S/C66H117N27O12/c1-32(2)46(67)56(99)92-48(34(5)6)58(101)87-43(23-16-28-81-65(74)75)54(97)90-50(36(9)10)60(103)93-49(35(7)8)59(102)85-41(21-14-26-79-63(70)71)51(94)84-40(20-13-25-78-62(68)69)53(96)89-45(30-37-31-83-39-19-12-11-18-38(37)39)55(98)91-47(33(3)4)57(100)86-42(22-15-27-80-64(72)73)52(95)88-44(61(104)105)24-17-29-82-66(76)77/h11-12,18-19,31-36,40-50,83H,13-17,20-30,67H2,1-10H3,(H,84,94)(H,85,102)(H,86,100)(H,87,101)(H,88,95)(H,89,96)(H,90,97)(H,91,98)(H,92,99)(H,93,103)(H,104,105)(H4,68,69,78)(H4,70,71,79)(H4,72,73,80)(H4,74,75,81)(H4,76,77,82)/t40-,41-,42-,43-,44-,45-,46-,47-,48-,49-,50-/m0/s1. The first-order chi connectivity index (χ1) is 49.2. The number of aliphatic carboxylic acids is 1. The van der Waals surface area contributed by atoms with E-state index >= 15 is 4.79 Å². The lowest BCUT2D eigenvalue weighted by Crippen LogP contribution is -2.62. The van der Waals surface area contributed by atoms with E-state index in [0.717, 1.165) is 0 Å². The highest BCUT2D eigenvalue weighted by Gasteiger charge is 2.39. The third-order valence-corrected chi connectivity index (χ3v) is 16.8. The van der Waals surface area contributed by atoms with Gasteiger partial charge in [0.2, 0.25) is 59.1 Å². The lowest BCUT2D eigenvalue weighted by atomic mass is 9.98. The van der Waals surface area contributed by atoms with Gasteiger partial charge in [0, 0.05) is 56.2 Å². The maximum atomic E-state index is 15.0. The number of nitrogens with one attached hydrogen (secondary N) is 21. The van der Waals surface area contributed by atoms with E-state index < -0.39 is 167 Å². The molecule has 11 atom stereocenters. The number of carboxylic acids is 1. The van der Waals surface area contributed by atoms with Crippen LogP contribution in [0.1, 0.15) is 139 Å². The van der Waals surface area contributed by atoms with Crippen molar-refractivity contribution in [1.29, 1.82) is 27.0 Å². The van der Waals surface area contributed by atoms with Crippen molar-refractivity contribution in [3.8, 4) is 0 Å². The SMILES string of the molecule is CC(C)[C@H](N)C(=O)N[C@H](C(=O)N[C@@H](CCCNC(=N)N)C(=O)N[C@H](C(=O)N[C@H](C(=O)N[C@@H](CCCNC(=N)N)C(=O)N[C@@H](CCCNC(=N)N)C(=O)N[C@@H](Cc1c[nH]c2ccccc12)C(=O)N[C@H](C(=O)N[C@@H](CCCNC(=N)N)C(=O)N[C@@H](CCCNC(=N)N)C(=O)O)C(C)C)C(C)C)C(C)C)C(C)C. The van der Waals surface area contributed by atoms with E-state index in [1.54, 1.807) is 99.7 Å². The monoisotopic (exact) mass is 1480 g/mol. The van der Waals surface area contributed by atoms with Gasteiger partial charge in [-0.05, 0) is 105 Å². The molecule has 0 saturated heterocycles. The van der Waals surface area contributed by atoms with Crippen molar-refractivity contribution in [3.63, 3.8) is 0 Å². The summed E-state index contributed by atoms with van der Waals surface area (Å²) in [5.41, 5.74) is 34.8. The number of amides is 10. The van der Waals surface area contributed by atoms with Gasteiger partial charge < -0.3 is 124 Å². The topological polar surface area (TPSA) is 680 Å². The van der Waals surface area contributed by atoms with Crippen LogP contribution in [-0.4, -0.2) is 204 Å². The van der Waals surface area contributed by atoms with Gasteiger partial charge in [0.15, 0.2) is 29.8 Å². The summed E-state index contributed by atoms with van der Waals surface area (Å²) >= 11 is 0. The Hall–Kier alpha value is -10.8. The number of para-hydroxylation sites is 1. The number of aromatic nitrogens is 1. The molecule has 0 radical (unpaired) electrons. The van der Waals surface area contributed by atoms with E-state index in [0.29, 0.717) is 16.5 Å². The Morgan fingerprint density at radius 2 is 0.619 bits per heavy atom. The van der Waals surface area contributed by atoms with Gasteiger partial charge >= 0.3 is 5.97 Å². The van der Waals surface area contributed by atoms with Crippen molar-refractivity contribution in [2.24, 2.45) is 64.0 Å². The van der Waals surface area contributed by atoms with Crippen LogP contribution in [-0.2, 0) is 59.2 Å². The molecule has 2 aromatic rings. The minimum atomic E-state index is -1.53. The fourth-order valence-electron chi connectivity index (χ4n) is 10.8. The van der Waals surface area contributed by atoms with Gasteiger partial charge in [0.25, 0.3) is 0 Å². The fraction of sp³-hybridized carbons (Fsp3) is 0.636. The summed E-state index contributed by atoms with van der Waals surface area (Å²) in [7, 11) is 0. The maximum absolute atomic E-state index is 15.0. The normalized spacial score (nSPS) is 14.4. The average Bonchev–Trinajstić information content (AvgIpc) is 1.70. The van der Waals surface area contributed by atoms with Gasteiger partial charge in [-0.2, -0.15) is 0 Å². The number of aromatic amines is 1. The summed E-state index contributed by atoms with van der Waals surface area (Å²) in [4.78, 5) is 159. The van der Waals surface area contributed by atoms with E-state index in [-0.39, 0.29) is 127 Å². The van der Waals surface area contributed by atoms with Crippen LogP contribution in [0.2, 0.25) is 0 Å². The summed E-state index contributed by atoms with van der Waals surface area (Å²) in [5, 5.41) is 88.6. The van der Waals surface area contributed by atoms with Crippen molar-refractivity contribution in [2.45, 2.75) is 206 Å². The zero-order valence-electron chi connectivity index (χ0n) is 61.8. The number of hydrogen-bond donors (Lipinski definition) is 28. The van der Waals surface area contributed by atoms with E-state index in [1.165, 1.54) is 0 Å². The third-order valence-electron chi connectivity index (χ3n) is 16.8. The number of hydrogen-bond acceptors (Lipinski definition) is 17. The second-order valence-corrected chi connectivity index (χ2v) is 27.4. The summed E-state index contributed by atoms with van der Waals surface area (Å²) < 4.78 is 0. The summed E-state index contributed by atoms with van der Waals surface area (Å²) in [6, 6.07) is -7.83. The molecule has 0 spiro atoms. The molecular formula is C66H117N27O12. The molecule has 2 rings (SSSR count). The van der Waals surface area contributed by atoms with Crippen LogP contribution in [0.25, 0.3) is 10.9 Å². The van der Waals surface area contributed by atoms with Gasteiger partial charge in [-0.3, -0.25) is 75.0 Å². The highest BCUT2D eigenvalue weighted by atomic mass is 16.4. The lowest BCUT2D eigenvalue weighted by molar-refractivity contribution is -0.142. The number of benzene rings is 1. The van der Waals surface area contributed by atoms with Crippen molar-refractivity contribution >= 4 is 106 Å². The van der Waals surface area contributed by atoms with E-state index in [2.05, 4.69) is 84.7 Å².